The number of carbonyl (C=O) groups excluding carboxylic acids is 1. The van der Waals surface area contributed by atoms with Gasteiger partial charge >= 0.3 is 5.97 Å². The molecule has 0 fully saturated rings. The Balaban J connectivity index is 2.64. The van der Waals surface area contributed by atoms with Gasteiger partial charge in [-0.3, -0.25) is 4.79 Å². The fourth-order valence-electron chi connectivity index (χ4n) is 2.02. The van der Waals surface area contributed by atoms with Crippen LogP contribution in [0.1, 0.15) is 11.3 Å². The number of hydrogen-bond acceptors (Lipinski definition) is 3. The number of esters is 1. The van der Waals surface area contributed by atoms with Gasteiger partial charge in [0, 0.05) is 16.6 Å². The van der Waals surface area contributed by atoms with Gasteiger partial charge < -0.3 is 14.5 Å². The Kier molecular flexibility index (Phi) is 3.48. The molecule has 1 N–H and O–H groups in total. The molecular formula is C13H14ClNO3. The zero-order valence-corrected chi connectivity index (χ0v) is 11.2. The van der Waals surface area contributed by atoms with Crippen LogP contribution in [0.15, 0.2) is 12.1 Å². The number of aryl methyl sites for hydroxylation is 1. The van der Waals surface area contributed by atoms with Gasteiger partial charge in [0.15, 0.2) is 0 Å². The zero-order chi connectivity index (χ0) is 13.3. The molecular weight excluding hydrogens is 254 g/mol. The Bertz CT molecular complexity index is 604. The molecule has 0 spiro atoms. The minimum absolute atomic E-state index is 0.190. The van der Waals surface area contributed by atoms with Crippen molar-refractivity contribution in [3.05, 3.63) is 28.4 Å². The van der Waals surface area contributed by atoms with Crippen molar-refractivity contribution in [2.75, 3.05) is 14.2 Å². The first-order valence-corrected chi connectivity index (χ1v) is 5.86. The maximum Gasteiger partial charge on any atom is 0.310 e. The smallest absolute Gasteiger partial charge is 0.310 e. The highest BCUT2D eigenvalue weighted by molar-refractivity contribution is 6.37. The summed E-state index contributed by atoms with van der Waals surface area (Å²) in [5.74, 6) is 0.298. The average molecular weight is 268 g/mol. The van der Waals surface area contributed by atoms with Crippen molar-refractivity contribution < 1.29 is 14.3 Å². The van der Waals surface area contributed by atoms with Crippen molar-refractivity contribution in [2.24, 2.45) is 0 Å². The first kappa shape index (κ1) is 12.8. The van der Waals surface area contributed by atoms with Crippen LogP contribution in [-0.4, -0.2) is 25.2 Å². The summed E-state index contributed by atoms with van der Waals surface area (Å²) in [6.07, 6.45) is 0.190. The molecule has 1 heterocycles. The molecule has 0 unspecified atom stereocenters. The van der Waals surface area contributed by atoms with E-state index in [2.05, 4.69) is 4.98 Å². The van der Waals surface area contributed by atoms with Crippen LogP contribution in [-0.2, 0) is 16.0 Å². The summed E-state index contributed by atoms with van der Waals surface area (Å²) in [6.45, 7) is 1.90. The van der Waals surface area contributed by atoms with E-state index in [1.165, 1.54) is 7.11 Å². The Labute approximate surface area is 110 Å². The zero-order valence-electron chi connectivity index (χ0n) is 10.5. The molecule has 5 heteroatoms. The van der Waals surface area contributed by atoms with Gasteiger partial charge in [-0.15, -0.1) is 0 Å². The van der Waals surface area contributed by atoms with Crippen LogP contribution in [0.25, 0.3) is 10.9 Å². The summed E-state index contributed by atoms with van der Waals surface area (Å²) in [5, 5.41) is 1.33. The molecule has 0 aliphatic rings. The summed E-state index contributed by atoms with van der Waals surface area (Å²) in [7, 11) is 2.93. The van der Waals surface area contributed by atoms with Crippen LogP contribution in [0, 0.1) is 6.92 Å². The number of benzene rings is 1. The predicted molar refractivity (Wildman–Crippen MR) is 70.3 cm³/mol. The topological polar surface area (TPSA) is 51.3 Å². The lowest BCUT2D eigenvalue weighted by atomic mass is 10.1. The quantitative estimate of drug-likeness (QED) is 0.870. The Morgan fingerprint density at radius 3 is 2.72 bits per heavy atom. The molecule has 0 radical (unpaired) electrons. The second kappa shape index (κ2) is 4.90. The molecule has 2 rings (SSSR count). The molecule has 0 saturated carbocycles. The van der Waals surface area contributed by atoms with Gasteiger partial charge in [-0.25, -0.2) is 0 Å². The highest BCUT2D eigenvalue weighted by Gasteiger charge is 2.17. The molecule has 0 aliphatic heterocycles. The SMILES string of the molecule is COC(=O)Cc1c(C)[nH]c2ccc(OC)c(Cl)c12. The number of rotatable bonds is 3. The molecule has 18 heavy (non-hydrogen) atoms. The number of nitrogens with one attached hydrogen (secondary N) is 1. The van der Waals surface area contributed by atoms with Gasteiger partial charge in [-0.2, -0.15) is 0 Å². The van der Waals surface area contributed by atoms with E-state index in [4.69, 9.17) is 21.1 Å². The van der Waals surface area contributed by atoms with E-state index in [1.54, 1.807) is 13.2 Å². The van der Waals surface area contributed by atoms with E-state index < -0.39 is 0 Å². The van der Waals surface area contributed by atoms with Gasteiger partial charge in [0.25, 0.3) is 0 Å². The van der Waals surface area contributed by atoms with E-state index in [0.29, 0.717) is 10.8 Å². The van der Waals surface area contributed by atoms with E-state index >= 15 is 0 Å². The van der Waals surface area contributed by atoms with Crippen molar-refractivity contribution in [3.8, 4) is 5.75 Å². The third-order valence-electron chi connectivity index (χ3n) is 2.95. The molecule has 2 aromatic rings. The molecule has 1 aromatic heterocycles. The molecule has 0 bridgehead atoms. The molecule has 0 amide bonds. The van der Waals surface area contributed by atoms with Crippen LogP contribution < -0.4 is 4.74 Å². The lowest BCUT2D eigenvalue weighted by Crippen LogP contribution is -2.05. The number of carbonyl (C=O) groups is 1. The molecule has 0 aliphatic carbocycles. The van der Waals surface area contributed by atoms with Crippen LogP contribution in [0.3, 0.4) is 0 Å². The first-order valence-electron chi connectivity index (χ1n) is 5.49. The van der Waals surface area contributed by atoms with Crippen molar-refractivity contribution in [2.45, 2.75) is 13.3 Å². The van der Waals surface area contributed by atoms with E-state index in [9.17, 15) is 4.79 Å². The maximum atomic E-state index is 11.4. The monoisotopic (exact) mass is 267 g/mol. The van der Waals surface area contributed by atoms with Gasteiger partial charge in [0.1, 0.15) is 5.75 Å². The second-order valence-corrected chi connectivity index (χ2v) is 4.36. The summed E-state index contributed by atoms with van der Waals surface area (Å²) >= 11 is 6.29. The van der Waals surface area contributed by atoms with E-state index in [1.807, 2.05) is 13.0 Å². The fourth-order valence-corrected chi connectivity index (χ4v) is 2.37. The van der Waals surface area contributed by atoms with Crippen molar-refractivity contribution in [1.29, 1.82) is 0 Å². The Morgan fingerprint density at radius 1 is 1.39 bits per heavy atom. The van der Waals surface area contributed by atoms with Crippen molar-refractivity contribution >= 4 is 28.5 Å². The summed E-state index contributed by atoms with van der Waals surface area (Å²) in [4.78, 5) is 14.6. The molecule has 1 aromatic carbocycles. The molecule has 4 nitrogen and oxygen atoms in total. The summed E-state index contributed by atoms with van der Waals surface area (Å²) in [6, 6.07) is 3.68. The third-order valence-corrected chi connectivity index (χ3v) is 3.33. The van der Waals surface area contributed by atoms with Gasteiger partial charge in [-0.05, 0) is 24.6 Å². The lowest BCUT2D eigenvalue weighted by molar-refractivity contribution is -0.139. The number of H-pyrrole nitrogens is 1. The van der Waals surface area contributed by atoms with Crippen molar-refractivity contribution in [1.82, 2.24) is 4.98 Å². The Hall–Kier alpha value is -1.68. The van der Waals surface area contributed by atoms with Crippen molar-refractivity contribution in [3.63, 3.8) is 0 Å². The molecule has 0 atom stereocenters. The minimum atomic E-state index is -0.294. The second-order valence-electron chi connectivity index (χ2n) is 3.99. The number of ether oxygens (including phenoxy) is 2. The van der Waals surface area contributed by atoms with Crippen LogP contribution in [0.5, 0.6) is 5.75 Å². The number of aromatic amines is 1. The van der Waals surface area contributed by atoms with Gasteiger partial charge in [-0.1, -0.05) is 11.6 Å². The standard InChI is InChI=1S/C13H14ClNO3/c1-7-8(6-11(16)18-3)12-9(15-7)4-5-10(17-2)13(12)14/h4-5,15H,6H2,1-3H3. The fraction of sp³-hybridized carbons (Fsp3) is 0.308. The van der Waals surface area contributed by atoms with Crippen LogP contribution >= 0.6 is 11.6 Å². The third kappa shape index (κ3) is 2.04. The molecule has 0 saturated heterocycles. The van der Waals surface area contributed by atoms with E-state index in [-0.39, 0.29) is 12.4 Å². The highest BCUT2D eigenvalue weighted by Crippen LogP contribution is 2.36. The largest absolute Gasteiger partial charge is 0.495 e. The number of methoxy groups -OCH3 is 2. The lowest BCUT2D eigenvalue weighted by Gasteiger charge is -2.05. The highest BCUT2D eigenvalue weighted by atomic mass is 35.5. The number of aromatic nitrogens is 1. The van der Waals surface area contributed by atoms with Crippen LogP contribution in [0.2, 0.25) is 5.02 Å². The van der Waals surface area contributed by atoms with Crippen LogP contribution in [0.4, 0.5) is 0 Å². The summed E-state index contributed by atoms with van der Waals surface area (Å²) < 4.78 is 9.88. The predicted octanol–water partition coefficient (Wildman–Crippen LogP) is 2.85. The van der Waals surface area contributed by atoms with Gasteiger partial charge in [0.2, 0.25) is 0 Å². The van der Waals surface area contributed by atoms with E-state index in [0.717, 1.165) is 22.2 Å². The summed E-state index contributed by atoms with van der Waals surface area (Å²) in [5.41, 5.74) is 2.64. The molecule has 96 valence electrons. The minimum Gasteiger partial charge on any atom is -0.495 e. The number of halogens is 1. The number of fused-ring (bicyclic) bond motifs is 1. The Morgan fingerprint density at radius 2 is 2.11 bits per heavy atom. The maximum absolute atomic E-state index is 11.4. The average Bonchev–Trinajstić information content (AvgIpc) is 2.67. The van der Waals surface area contributed by atoms with Gasteiger partial charge in [0.05, 0.1) is 25.7 Å². The first-order chi connectivity index (χ1) is 8.58. The normalized spacial score (nSPS) is 10.7. The number of hydrogen-bond donors (Lipinski definition) is 1.